The fraction of sp³-hybridized carbons (Fsp3) is 0.278. The molecule has 0 aliphatic carbocycles. The van der Waals surface area contributed by atoms with E-state index in [1.165, 1.54) is 0 Å². The second-order valence-corrected chi connectivity index (χ2v) is 6.84. The molecule has 1 aliphatic heterocycles. The van der Waals surface area contributed by atoms with Gasteiger partial charge in [0, 0.05) is 38.7 Å². The monoisotopic (exact) mass is 399 g/mol. The largest absolute Gasteiger partial charge is 0.510 e. The summed E-state index contributed by atoms with van der Waals surface area (Å²) in [6.07, 6.45) is -0.839. The summed E-state index contributed by atoms with van der Waals surface area (Å²) in [6.45, 7) is 1.96. The van der Waals surface area contributed by atoms with Crippen LogP contribution in [-0.4, -0.2) is 19.0 Å². The van der Waals surface area contributed by atoms with Crippen LogP contribution in [0.25, 0.3) is 0 Å². The second-order valence-electron chi connectivity index (χ2n) is 5.59. The van der Waals surface area contributed by atoms with E-state index in [2.05, 4.69) is 5.32 Å². The number of hydrogen-bond donors (Lipinski definition) is 1. The van der Waals surface area contributed by atoms with Gasteiger partial charge >= 0.3 is 6.16 Å². The Labute approximate surface area is 161 Å². The first-order chi connectivity index (χ1) is 12.0. The molecule has 25 heavy (non-hydrogen) atoms. The van der Waals surface area contributed by atoms with Crippen molar-refractivity contribution in [1.82, 2.24) is 0 Å². The van der Waals surface area contributed by atoms with E-state index in [4.69, 9.17) is 44.3 Å². The van der Waals surface area contributed by atoms with Gasteiger partial charge in [-0.3, -0.25) is 0 Å². The molecular weight excluding hydrogens is 385 g/mol. The maximum atomic E-state index is 11.7. The number of ether oxygens (including phenoxy) is 2. The van der Waals surface area contributed by atoms with Gasteiger partial charge in [-0.25, -0.2) is 4.79 Å². The summed E-state index contributed by atoms with van der Waals surface area (Å²) in [4.78, 5) is 11.7. The van der Waals surface area contributed by atoms with Crippen molar-refractivity contribution in [3.05, 3.63) is 62.6 Å². The third-order valence-corrected chi connectivity index (χ3v) is 4.87. The zero-order valence-electron chi connectivity index (χ0n) is 13.4. The zero-order valence-corrected chi connectivity index (χ0v) is 15.7. The molecule has 3 rings (SSSR count). The van der Waals surface area contributed by atoms with Crippen molar-refractivity contribution < 1.29 is 14.3 Å². The van der Waals surface area contributed by atoms with Gasteiger partial charge in [-0.15, -0.1) is 0 Å². The minimum atomic E-state index is -0.727. The van der Waals surface area contributed by atoms with Crippen LogP contribution in [0, 0.1) is 0 Å². The Bertz CT molecular complexity index is 797. The van der Waals surface area contributed by atoms with Crippen molar-refractivity contribution in [2.24, 2.45) is 0 Å². The van der Waals surface area contributed by atoms with Crippen LogP contribution >= 0.6 is 34.8 Å². The van der Waals surface area contributed by atoms with Crippen LogP contribution in [0.2, 0.25) is 15.1 Å². The van der Waals surface area contributed by atoms with E-state index in [1.807, 2.05) is 24.3 Å². The fourth-order valence-corrected chi connectivity index (χ4v) is 3.90. The average Bonchev–Trinajstić information content (AvgIpc) is 2.54. The topological polar surface area (TPSA) is 47.6 Å². The summed E-state index contributed by atoms with van der Waals surface area (Å²) in [5.74, 6) is -0.144. The SMILES string of the molecule is CCOC(=O)OC1CC(c2ccccc2Cl)c2c(Cl)cc(Cl)cc2N1. The van der Waals surface area contributed by atoms with Gasteiger partial charge in [0.05, 0.1) is 6.61 Å². The molecule has 1 N–H and O–H groups in total. The number of benzene rings is 2. The molecule has 0 fully saturated rings. The van der Waals surface area contributed by atoms with Crippen LogP contribution in [0.1, 0.15) is 30.4 Å². The summed E-state index contributed by atoms with van der Waals surface area (Å²) in [6, 6.07) is 11.0. The number of carbonyl (C=O) groups is 1. The second kappa shape index (κ2) is 7.73. The number of nitrogens with one attached hydrogen (secondary N) is 1. The van der Waals surface area contributed by atoms with Crippen LogP contribution in [0.3, 0.4) is 0 Å². The predicted octanol–water partition coefficient (Wildman–Crippen LogP) is 6.09. The van der Waals surface area contributed by atoms with Gasteiger partial charge < -0.3 is 14.8 Å². The first-order valence-electron chi connectivity index (χ1n) is 7.83. The fourth-order valence-electron chi connectivity index (χ4n) is 3.01. The number of rotatable bonds is 3. The third-order valence-electron chi connectivity index (χ3n) is 3.99. The van der Waals surface area contributed by atoms with Crippen LogP contribution in [-0.2, 0) is 9.47 Å². The van der Waals surface area contributed by atoms with Crippen LogP contribution in [0.4, 0.5) is 10.5 Å². The number of carbonyl (C=O) groups excluding carboxylic acids is 1. The predicted molar refractivity (Wildman–Crippen MR) is 99.9 cm³/mol. The summed E-state index contributed by atoms with van der Waals surface area (Å²) in [7, 11) is 0. The van der Waals surface area contributed by atoms with E-state index in [0.29, 0.717) is 27.2 Å². The van der Waals surface area contributed by atoms with E-state index in [-0.39, 0.29) is 12.5 Å². The first kappa shape index (κ1) is 18.2. The van der Waals surface area contributed by atoms with Crippen molar-refractivity contribution in [3.63, 3.8) is 0 Å². The van der Waals surface area contributed by atoms with Gasteiger partial charge in [0.25, 0.3) is 0 Å². The molecule has 2 aromatic carbocycles. The highest BCUT2D eigenvalue weighted by Gasteiger charge is 2.33. The van der Waals surface area contributed by atoms with Crippen molar-refractivity contribution >= 4 is 46.6 Å². The Hall–Kier alpha value is -1.62. The minimum Gasteiger partial charge on any atom is -0.435 e. The molecule has 0 amide bonds. The Morgan fingerprint density at radius 2 is 1.96 bits per heavy atom. The van der Waals surface area contributed by atoms with E-state index in [9.17, 15) is 4.79 Å². The zero-order chi connectivity index (χ0) is 18.0. The lowest BCUT2D eigenvalue weighted by Gasteiger charge is -2.34. The van der Waals surface area contributed by atoms with Crippen molar-refractivity contribution in [2.75, 3.05) is 11.9 Å². The Kier molecular flexibility index (Phi) is 5.62. The molecule has 4 nitrogen and oxygen atoms in total. The highest BCUT2D eigenvalue weighted by molar-refractivity contribution is 6.36. The van der Waals surface area contributed by atoms with Crippen LogP contribution in [0.15, 0.2) is 36.4 Å². The summed E-state index contributed by atoms with van der Waals surface area (Å²) in [5.41, 5.74) is 2.50. The molecule has 2 aromatic rings. The summed E-state index contributed by atoms with van der Waals surface area (Å²) >= 11 is 19.0. The van der Waals surface area contributed by atoms with Crippen molar-refractivity contribution in [3.8, 4) is 0 Å². The number of fused-ring (bicyclic) bond motifs is 1. The maximum absolute atomic E-state index is 11.7. The quantitative estimate of drug-likeness (QED) is 0.633. The molecule has 2 atom stereocenters. The van der Waals surface area contributed by atoms with Gasteiger partial charge in [0.15, 0.2) is 6.23 Å². The third kappa shape index (κ3) is 3.97. The normalized spacial score (nSPS) is 18.9. The van der Waals surface area contributed by atoms with E-state index in [1.54, 1.807) is 19.1 Å². The first-order valence-corrected chi connectivity index (χ1v) is 8.96. The number of halogens is 3. The van der Waals surface area contributed by atoms with Gasteiger partial charge in [0.1, 0.15) is 0 Å². The van der Waals surface area contributed by atoms with E-state index in [0.717, 1.165) is 11.1 Å². The molecule has 0 bridgehead atoms. The molecule has 1 heterocycles. The van der Waals surface area contributed by atoms with Gasteiger partial charge in [-0.1, -0.05) is 53.0 Å². The highest BCUT2D eigenvalue weighted by Crippen LogP contribution is 2.45. The van der Waals surface area contributed by atoms with Gasteiger partial charge in [-0.2, -0.15) is 0 Å². The molecule has 1 aliphatic rings. The van der Waals surface area contributed by atoms with Crippen LogP contribution < -0.4 is 5.32 Å². The Balaban J connectivity index is 2.01. The smallest absolute Gasteiger partial charge is 0.435 e. The molecule has 0 radical (unpaired) electrons. The Morgan fingerprint density at radius 1 is 1.20 bits per heavy atom. The van der Waals surface area contributed by atoms with Gasteiger partial charge in [0.2, 0.25) is 0 Å². The van der Waals surface area contributed by atoms with E-state index < -0.39 is 12.4 Å². The molecule has 0 spiro atoms. The van der Waals surface area contributed by atoms with Crippen molar-refractivity contribution in [2.45, 2.75) is 25.5 Å². The molecular formula is C18H16Cl3NO3. The van der Waals surface area contributed by atoms with Gasteiger partial charge in [-0.05, 0) is 30.7 Å². The molecule has 7 heteroatoms. The van der Waals surface area contributed by atoms with Crippen molar-refractivity contribution in [1.29, 1.82) is 0 Å². The van der Waals surface area contributed by atoms with Crippen LogP contribution in [0.5, 0.6) is 0 Å². The molecule has 0 saturated carbocycles. The lowest BCUT2D eigenvalue weighted by Crippen LogP contribution is -2.33. The molecule has 0 aromatic heterocycles. The highest BCUT2D eigenvalue weighted by atomic mass is 35.5. The molecule has 0 saturated heterocycles. The summed E-state index contributed by atoms with van der Waals surface area (Å²) < 4.78 is 10.2. The summed E-state index contributed by atoms with van der Waals surface area (Å²) in [5, 5.41) is 4.81. The minimum absolute atomic E-state index is 0.144. The average molecular weight is 401 g/mol. The Morgan fingerprint density at radius 3 is 2.68 bits per heavy atom. The molecule has 132 valence electrons. The standard InChI is InChI=1S/C18H16Cl3NO3/c1-2-24-18(23)25-16-9-12(11-5-3-4-6-13(11)20)17-14(21)7-10(19)8-15(17)22-16/h3-8,12,16,22H,2,9H2,1H3. The van der Waals surface area contributed by atoms with E-state index >= 15 is 0 Å². The lowest BCUT2D eigenvalue weighted by atomic mass is 9.84. The molecule has 2 unspecified atom stereocenters. The number of anilines is 1. The lowest BCUT2D eigenvalue weighted by molar-refractivity contribution is 0.0302. The maximum Gasteiger partial charge on any atom is 0.510 e. The number of hydrogen-bond acceptors (Lipinski definition) is 4.